The maximum absolute atomic E-state index is 12.7. The molecule has 7 rings (SSSR count). The first-order valence-electron chi connectivity index (χ1n) is 16.1. The molecule has 5 nitrogen and oxygen atoms in total. The Kier molecular flexibility index (Phi) is 6.90. The van der Waals surface area contributed by atoms with Gasteiger partial charge >= 0.3 is 12.1 Å². The van der Waals surface area contributed by atoms with E-state index >= 15 is 0 Å². The van der Waals surface area contributed by atoms with E-state index in [1.807, 2.05) is 24.3 Å². The lowest BCUT2D eigenvalue weighted by atomic mass is 9.45. The molecule has 41 heavy (non-hydrogen) atoms. The number of fused-ring (bicyclic) bond motifs is 8. The van der Waals surface area contributed by atoms with E-state index in [1.165, 1.54) is 67.2 Å². The summed E-state index contributed by atoms with van der Waals surface area (Å²) in [6.07, 6.45) is 12.2. The second-order valence-electron chi connectivity index (χ2n) is 14.3. The van der Waals surface area contributed by atoms with Crippen molar-refractivity contribution in [1.29, 1.82) is 0 Å². The van der Waals surface area contributed by atoms with Gasteiger partial charge in [-0.2, -0.15) is 0 Å². The Hall–Kier alpha value is -2.82. The van der Waals surface area contributed by atoms with Gasteiger partial charge < -0.3 is 14.8 Å². The summed E-state index contributed by atoms with van der Waals surface area (Å²) in [5.41, 5.74) is 5.71. The summed E-state index contributed by atoms with van der Waals surface area (Å²) in [6.45, 7) is 5.21. The maximum Gasteiger partial charge on any atom is 0.407 e. The molecule has 4 saturated carbocycles. The molecule has 2 aromatic carbocycles. The Bertz CT molecular complexity index is 1280. The zero-order valence-electron chi connectivity index (χ0n) is 24.7. The zero-order valence-corrected chi connectivity index (χ0v) is 24.7. The first-order valence-corrected chi connectivity index (χ1v) is 16.1. The van der Waals surface area contributed by atoms with Crippen LogP contribution in [0.5, 0.6) is 0 Å². The van der Waals surface area contributed by atoms with Gasteiger partial charge in [0.1, 0.15) is 19.3 Å². The summed E-state index contributed by atoms with van der Waals surface area (Å²) < 4.78 is 11.5. The number of benzene rings is 2. The van der Waals surface area contributed by atoms with Crippen LogP contribution in [0.2, 0.25) is 0 Å². The summed E-state index contributed by atoms with van der Waals surface area (Å²) in [6, 6.07) is 16.5. The van der Waals surface area contributed by atoms with Gasteiger partial charge in [-0.1, -0.05) is 68.8 Å². The van der Waals surface area contributed by atoms with Gasteiger partial charge in [0.25, 0.3) is 0 Å². The number of ether oxygens (including phenoxy) is 2. The molecule has 5 aliphatic carbocycles. The van der Waals surface area contributed by atoms with Crippen molar-refractivity contribution in [3.8, 4) is 11.1 Å². The van der Waals surface area contributed by atoms with Crippen molar-refractivity contribution in [3.63, 3.8) is 0 Å². The maximum atomic E-state index is 12.7. The molecule has 1 amide bonds. The van der Waals surface area contributed by atoms with Crippen LogP contribution in [-0.4, -0.2) is 31.3 Å². The van der Waals surface area contributed by atoms with Crippen molar-refractivity contribution in [3.05, 3.63) is 59.7 Å². The smallest absolute Gasteiger partial charge is 0.407 e. The number of rotatable bonds is 5. The monoisotopic (exact) mass is 555 g/mol. The van der Waals surface area contributed by atoms with Gasteiger partial charge in [-0.3, -0.25) is 4.79 Å². The van der Waals surface area contributed by atoms with Gasteiger partial charge in [-0.25, -0.2) is 4.79 Å². The molecule has 0 aromatic heterocycles. The predicted molar refractivity (Wildman–Crippen MR) is 159 cm³/mol. The molecule has 4 fully saturated rings. The fraction of sp³-hybridized carbons (Fsp3) is 0.611. The summed E-state index contributed by atoms with van der Waals surface area (Å²) in [7, 11) is 0. The molecule has 0 aliphatic heterocycles. The summed E-state index contributed by atoms with van der Waals surface area (Å²) in [4.78, 5) is 25.3. The molecular formula is C36H45NO4. The number of nitrogens with one attached hydrogen (secondary N) is 1. The molecule has 5 heteroatoms. The SMILES string of the molecule is C[C@@]12CCC[C@H]1[C@@H]1CCC3C[C@@H](OC(=O)CNC(=O)OCC4c5ccccc5-c5ccccc54)CC[C@]3(C)[C@H]1CC2. The number of alkyl carbamates (subject to hydrolysis) is 1. The molecule has 7 atom stereocenters. The topological polar surface area (TPSA) is 64.6 Å². The lowest BCUT2D eigenvalue weighted by Crippen LogP contribution is -2.53. The highest BCUT2D eigenvalue weighted by atomic mass is 16.6. The van der Waals surface area contributed by atoms with Crippen LogP contribution in [-0.2, 0) is 14.3 Å². The normalized spacial score (nSPS) is 35.3. The minimum absolute atomic E-state index is 0.00156. The molecular weight excluding hydrogens is 510 g/mol. The first-order chi connectivity index (χ1) is 19.9. The van der Waals surface area contributed by atoms with Crippen LogP contribution in [0.15, 0.2) is 48.5 Å². The Morgan fingerprint density at radius 2 is 1.59 bits per heavy atom. The van der Waals surface area contributed by atoms with Gasteiger partial charge in [-0.05, 0) is 115 Å². The molecule has 218 valence electrons. The predicted octanol–water partition coefficient (Wildman–Crippen LogP) is 7.87. The van der Waals surface area contributed by atoms with Crippen molar-refractivity contribution in [2.45, 2.75) is 90.1 Å². The van der Waals surface area contributed by atoms with Crippen molar-refractivity contribution >= 4 is 12.1 Å². The quantitative estimate of drug-likeness (QED) is 0.381. The molecule has 5 aliphatic rings. The van der Waals surface area contributed by atoms with Crippen molar-refractivity contribution in [1.82, 2.24) is 5.32 Å². The highest BCUT2D eigenvalue weighted by molar-refractivity contribution is 5.80. The lowest BCUT2D eigenvalue weighted by molar-refractivity contribution is -0.160. The minimum atomic E-state index is -0.574. The molecule has 0 heterocycles. The van der Waals surface area contributed by atoms with Crippen LogP contribution in [0.4, 0.5) is 4.79 Å². The zero-order chi connectivity index (χ0) is 28.2. The number of esters is 1. The standard InChI is InChI=1S/C36H45NO4/c1-35-17-7-12-31(35)29-14-13-23-20-24(15-19-36(23,2)32(29)16-18-35)41-33(38)21-37-34(39)40-22-30-27-10-5-3-8-25(27)26-9-4-6-11-28(26)30/h3-6,8-11,23-24,29-32H,7,12-22H2,1-2H3,(H,37,39)/t23?,24-,29-,31-,32-,35-,36-/m0/s1. The van der Waals surface area contributed by atoms with Crippen LogP contribution >= 0.6 is 0 Å². The average molecular weight is 556 g/mol. The van der Waals surface area contributed by atoms with E-state index in [-0.39, 0.29) is 31.1 Å². The van der Waals surface area contributed by atoms with E-state index in [0.29, 0.717) is 16.7 Å². The van der Waals surface area contributed by atoms with E-state index in [0.717, 1.165) is 37.0 Å². The third kappa shape index (κ3) is 4.68. The molecule has 1 N–H and O–H groups in total. The van der Waals surface area contributed by atoms with Crippen LogP contribution in [0.25, 0.3) is 11.1 Å². The minimum Gasteiger partial charge on any atom is -0.461 e. The van der Waals surface area contributed by atoms with E-state index in [9.17, 15) is 9.59 Å². The Morgan fingerprint density at radius 1 is 0.854 bits per heavy atom. The van der Waals surface area contributed by atoms with E-state index in [4.69, 9.17) is 9.47 Å². The molecule has 0 spiro atoms. The van der Waals surface area contributed by atoms with E-state index < -0.39 is 6.09 Å². The molecule has 0 radical (unpaired) electrons. The van der Waals surface area contributed by atoms with E-state index in [1.54, 1.807) is 0 Å². The highest BCUT2D eigenvalue weighted by Crippen LogP contribution is 2.66. The fourth-order valence-electron chi connectivity index (χ4n) is 10.3. The van der Waals surface area contributed by atoms with Crippen LogP contribution in [0.3, 0.4) is 0 Å². The summed E-state index contributed by atoms with van der Waals surface area (Å²) in [5.74, 6) is 2.94. The number of amides is 1. The Labute approximate surface area is 244 Å². The van der Waals surface area contributed by atoms with Gasteiger partial charge in [-0.15, -0.1) is 0 Å². The second kappa shape index (κ2) is 10.5. The van der Waals surface area contributed by atoms with Crippen LogP contribution in [0, 0.1) is 34.5 Å². The molecule has 2 aromatic rings. The Morgan fingerprint density at radius 3 is 2.34 bits per heavy atom. The number of hydrogen-bond donors (Lipinski definition) is 1. The van der Waals surface area contributed by atoms with Crippen LogP contribution < -0.4 is 5.32 Å². The Balaban J connectivity index is 0.894. The van der Waals surface area contributed by atoms with Gasteiger partial charge in [0, 0.05) is 5.92 Å². The number of carbonyl (C=O) groups is 2. The second-order valence-corrected chi connectivity index (χ2v) is 14.3. The van der Waals surface area contributed by atoms with Crippen molar-refractivity contribution in [2.75, 3.05) is 13.2 Å². The average Bonchev–Trinajstić information content (AvgIpc) is 3.53. The molecule has 1 unspecified atom stereocenters. The van der Waals surface area contributed by atoms with Crippen LogP contribution in [0.1, 0.15) is 95.1 Å². The third-order valence-corrected chi connectivity index (χ3v) is 12.4. The summed E-state index contributed by atoms with van der Waals surface area (Å²) >= 11 is 0. The molecule has 0 bridgehead atoms. The van der Waals surface area contributed by atoms with Gasteiger partial charge in [0.2, 0.25) is 0 Å². The lowest BCUT2D eigenvalue weighted by Gasteiger charge is -2.60. The fourth-order valence-corrected chi connectivity index (χ4v) is 10.3. The highest BCUT2D eigenvalue weighted by Gasteiger charge is 2.58. The van der Waals surface area contributed by atoms with Gasteiger partial charge in [0.05, 0.1) is 0 Å². The van der Waals surface area contributed by atoms with Crippen molar-refractivity contribution in [2.24, 2.45) is 34.5 Å². The largest absolute Gasteiger partial charge is 0.461 e. The number of hydrogen-bond acceptors (Lipinski definition) is 4. The molecule has 0 saturated heterocycles. The third-order valence-electron chi connectivity index (χ3n) is 12.4. The van der Waals surface area contributed by atoms with Crippen molar-refractivity contribution < 1.29 is 19.1 Å². The van der Waals surface area contributed by atoms with Gasteiger partial charge in [0.15, 0.2) is 0 Å². The summed E-state index contributed by atoms with van der Waals surface area (Å²) in [5, 5.41) is 2.63. The number of carbonyl (C=O) groups excluding carboxylic acids is 2. The first kappa shape index (κ1) is 27.0. The van der Waals surface area contributed by atoms with E-state index in [2.05, 4.69) is 43.4 Å².